The van der Waals surface area contributed by atoms with Gasteiger partial charge in [0.05, 0.1) is 12.2 Å². The number of guanidine groups is 1. The Morgan fingerprint density at radius 3 is 2.84 bits per heavy atom. The molecule has 0 radical (unpaired) electrons. The van der Waals surface area contributed by atoms with Gasteiger partial charge in [-0.3, -0.25) is 4.99 Å². The van der Waals surface area contributed by atoms with Crippen molar-refractivity contribution >= 4 is 29.9 Å². The maximum absolute atomic E-state index is 5.58. The van der Waals surface area contributed by atoms with Crippen molar-refractivity contribution in [1.82, 2.24) is 30.4 Å². The van der Waals surface area contributed by atoms with E-state index in [0.29, 0.717) is 12.4 Å². The monoisotopic (exact) mass is 535 g/mol. The largest absolute Gasteiger partial charge is 0.444 e. The summed E-state index contributed by atoms with van der Waals surface area (Å²) in [5.74, 6) is 3.63. The number of hydrogen-bond acceptors (Lipinski definition) is 5. The van der Waals surface area contributed by atoms with Crippen LogP contribution in [0.1, 0.15) is 43.0 Å². The molecule has 3 aromatic rings. The number of nitrogens with zero attached hydrogens (tertiary/aromatic N) is 5. The normalized spacial score (nSPS) is 13.8. The van der Waals surface area contributed by atoms with Crippen LogP contribution >= 0.6 is 24.0 Å². The molecule has 31 heavy (non-hydrogen) atoms. The molecule has 4 rings (SSSR count). The third kappa shape index (κ3) is 6.28. The van der Waals surface area contributed by atoms with E-state index in [4.69, 9.17) is 4.42 Å². The van der Waals surface area contributed by atoms with E-state index in [1.54, 1.807) is 13.3 Å². The van der Waals surface area contributed by atoms with Crippen LogP contribution in [0.2, 0.25) is 0 Å². The van der Waals surface area contributed by atoms with E-state index >= 15 is 0 Å². The average Bonchev–Trinajstić information content (AvgIpc) is 3.34. The molecule has 166 valence electrons. The first-order valence-corrected chi connectivity index (χ1v) is 10.7. The SMILES string of the molecule is CN=C(NCCCc1nnc2n1CCCCC2)NCc1coc(-c2ccccc2)n1.I. The van der Waals surface area contributed by atoms with E-state index in [-0.39, 0.29) is 24.0 Å². The lowest BCUT2D eigenvalue weighted by Crippen LogP contribution is -2.37. The van der Waals surface area contributed by atoms with Gasteiger partial charge in [0.15, 0.2) is 5.96 Å². The van der Waals surface area contributed by atoms with Crippen LogP contribution in [0.15, 0.2) is 46.0 Å². The number of fused-ring (bicyclic) bond motifs is 1. The van der Waals surface area contributed by atoms with Gasteiger partial charge >= 0.3 is 0 Å². The first-order valence-electron chi connectivity index (χ1n) is 10.7. The molecule has 1 aliphatic rings. The number of rotatable bonds is 7. The lowest BCUT2D eigenvalue weighted by Gasteiger charge is -2.11. The van der Waals surface area contributed by atoms with Crippen LogP contribution in [-0.2, 0) is 25.9 Å². The summed E-state index contributed by atoms with van der Waals surface area (Å²) >= 11 is 0. The van der Waals surface area contributed by atoms with E-state index in [0.717, 1.165) is 61.2 Å². The van der Waals surface area contributed by atoms with Gasteiger partial charge in [-0.05, 0) is 31.4 Å². The lowest BCUT2D eigenvalue weighted by molar-refractivity contribution is 0.572. The van der Waals surface area contributed by atoms with Crippen LogP contribution < -0.4 is 10.6 Å². The molecular weight excluding hydrogens is 505 g/mol. The van der Waals surface area contributed by atoms with Crippen LogP contribution in [0.5, 0.6) is 0 Å². The average molecular weight is 535 g/mol. The van der Waals surface area contributed by atoms with Gasteiger partial charge in [0, 0.05) is 38.5 Å². The fourth-order valence-corrected chi connectivity index (χ4v) is 3.68. The summed E-state index contributed by atoms with van der Waals surface area (Å²) in [6.07, 6.45) is 8.35. The number of hydrogen-bond donors (Lipinski definition) is 2. The van der Waals surface area contributed by atoms with Crippen molar-refractivity contribution in [2.24, 2.45) is 4.99 Å². The molecule has 0 bridgehead atoms. The van der Waals surface area contributed by atoms with Gasteiger partial charge in [-0.25, -0.2) is 4.98 Å². The molecule has 0 unspecified atom stereocenters. The Morgan fingerprint density at radius 2 is 2.00 bits per heavy atom. The molecule has 1 aromatic carbocycles. The predicted octanol–water partition coefficient (Wildman–Crippen LogP) is 3.58. The molecule has 9 heteroatoms. The second kappa shape index (κ2) is 11.8. The van der Waals surface area contributed by atoms with Crippen LogP contribution in [0.4, 0.5) is 0 Å². The molecule has 2 N–H and O–H groups in total. The van der Waals surface area contributed by atoms with E-state index in [1.165, 1.54) is 19.3 Å². The van der Waals surface area contributed by atoms with Crippen molar-refractivity contribution in [2.45, 2.75) is 51.6 Å². The van der Waals surface area contributed by atoms with Crippen LogP contribution in [-0.4, -0.2) is 39.3 Å². The third-order valence-electron chi connectivity index (χ3n) is 5.29. The molecule has 1 aliphatic heterocycles. The highest BCUT2D eigenvalue weighted by molar-refractivity contribution is 14.0. The maximum Gasteiger partial charge on any atom is 0.226 e. The number of nitrogens with one attached hydrogen (secondary N) is 2. The van der Waals surface area contributed by atoms with E-state index in [1.807, 2.05) is 30.3 Å². The Labute approximate surface area is 200 Å². The van der Waals surface area contributed by atoms with Gasteiger partial charge in [-0.2, -0.15) is 0 Å². The van der Waals surface area contributed by atoms with Crippen molar-refractivity contribution in [1.29, 1.82) is 0 Å². The summed E-state index contributed by atoms with van der Waals surface area (Å²) in [6.45, 7) is 2.42. The minimum Gasteiger partial charge on any atom is -0.444 e. The molecule has 0 saturated heterocycles. The van der Waals surface area contributed by atoms with Gasteiger partial charge in [-0.1, -0.05) is 24.6 Å². The van der Waals surface area contributed by atoms with E-state index in [2.05, 4.69) is 35.4 Å². The van der Waals surface area contributed by atoms with Crippen LogP contribution in [0, 0.1) is 0 Å². The second-order valence-electron chi connectivity index (χ2n) is 7.46. The smallest absolute Gasteiger partial charge is 0.226 e. The summed E-state index contributed by atoms with van der Waals surface area (Å²) in [5, 5.41) is 15.4. The first-order chi connectivity index (χ1) is 14.8. The summed E-state index contributed by atoms with van der Waals surface area (Å²) in [4.78, 5) is 8.82. The van der Waals surface area contributed by atoms with Crippen LogP contribution in [0.3, 0.4) is 0 Å². The number of aliphatic imine (C=N–C) groups is 1. The number of aryl methyl sites for hydroxylation is 2. The van der Waals surface area contributed by atoms with Crippen molar-refractivity contribution in [3.63, 3.8) is 0 Å². The highest BCUT2D eigenvalue weighted by atomic mass is 127. The minimum atomic E-state index is 0. The molecule has 0 aliphatic carbocycles. The summed E-state index contributed by atoms with van der Waals surface area (Å²) in [5.41, 5.74) is 1.81. The van der Waals surface area contributed by atoms with Gasteiger partial charge in [0.2, 0.25) is 5.89 Å². The number of halogens is 1. The number of oxazole rings is 1. The van der Waals surface area contributed by atoms with Gasteiger partial charge < -0.3 is 19.6 Å². The highest BCUT2D eigenvalue weighted by Crippen LogP contribution is 2.18. The zero-order chi connectivity index (χ0) is 20.6. The topological polar surface area (TPSA) is 93.2 Å². The molecule has 0 fully saturated rings. The predicted molar refractivity (Wildman–Crippen MR) is 131 cm³/mol. The Morgan fingerprint density at radius 1 is 1.13 bits per heavy atom. The Hall–Kier alpha value is -2.43. The zero-order valence-electron chi connectivity index (χ0n) is 17.9. The summed E-state index contributed by atoms with van der Waals surface area (Å²) in [6, 6.07) is 9.89. The van der Waals surface area contributed by atoms with E-state index in [9.17, 15) is 0 Å². The van der Waals surface area contributed by atoms with Gasteiger partial charge in [-0.15, -0.1) is 34.2 Å². The highest BCUT2D eigenvalue weighted by Gasteiger charge is 2.14. The summed E-state index contributed by atoms with van der Waals surface area (Å²) < 4.78 is 7.90. The Bertz CT molecular complexity index is 967. The molecule has 0 atom stereocenters. The van der Waals surface area contributed by atoms with Gasteiger partial charge in [0.25, 0.3) is 0 Å². The Balaban J connectivity index is 0.00000272. The fraction of sp³-hybridized carbons (Fsp3) is 0.455. The zero-order valence-corrected chi connectivity index (χ0v) is 20.2. The van der Waals surface area contributed by atoms with Crippen molar-refractivity contribution in [3.8, 4) is 11.5 Å². The quantitative estimate of drug-likeness (QED) is 0.208. The standard InChI is InChI=1S/C22H29N7O.HI/c1-23-22(25-15-18-16-30-21(26-18)17-9-4-2-5-10-17)24-13-8-12-20-28-27-19-11-6-3-7-14-29(19)20;/h2,4-5,9-10,16H,3,6-8,11-15H2,1H3,(H2,23,24,25);1H. The van der Waals surface area contributed by atoms with Crippen molar-refractivity contribution < 1.29 is 4.42 Å². The molecule has 8 nitrogen and oxygen atoms in total. The van der Waals surface area contributed by atoms with Crippen molar-refractivity contribution in [2.75, 3.05) is 13.6 Å². The van der Waals surface area contributed by atoms with Crippen LogP contribution in [0.25, 0.3) is 11.5 Å². The third-order valence-corrected chi connectivity index (χ3v) is 5.29. The molecular formula is C22H30IN7O. The van der Waals surface area contributed by atoms with E-state index < -0.39 is 0 Å². The number of benzene rings is 1. The lowest BCUT2D eigenvalue weighted by atomic mass is 10.2. The first kappa shape index (κ1) is 23.2. The van der Waals surface area contributed by atoms with Gasteiger partial charge in [0.1, 0.15) is 17.9 Å². The molecule has 2 aromatic heterocycles. The Kier molecular flexibility index (Phi) is 8.86. The summed E-state index contributed by atoms with van der Waals surface area (Å²) in [7, 11) is 1.77. The molecule has 0 amide bonds. The molecule has 3 heterocycles. The molecule has 0 saturated carbocycles. The number of aromatic nitrogens is 4. The minimum absolute atomic E-state index is 0. The van der Waals surface area contributed by atoms with Crippen molar-refractivity contribution in [3.05, 3.63) is 53.9 Å². The molecule has 0 spiro atoms. The maximum atomic E-state index is 5.58. The fourth-order valence-electron chi connectivity index (χ4n) is 3.68. The second-order valence-corrected chi connectivity index (χ2v) is 7.46.